The van der Waals surface area contributed by atoms with Crippen LogP contribution in [0.2, 0.25) is 19.6 Å². The zero-order chi connectivity index (χ0) is 41.9. The molecule has 0 N–H and O–H groups in total. The molecule has 2 fully saturated rings. The highest BCUT2D eigenvalue weighted by Gasteiger charge is 2.53. The van der Waals surface area contributed by atoms with Crippen molar-refractivity contribution in [3.8, 4) is 23.8 Å². The lowest BCUT2D eigenvalue weighted by atomic mass is 9.89. The van der Waals surface area contributed by atoms with Crippen molar-refractivity contribution >= 4 is 8.07 Å². The average Bonchev–Trinajstić information content (AvgIpc) is 3.24. The molecule has 320 valence electrons. The van der Waals surface area contributed by atoms with Crippen LogP contribution in [0, 0.1) is 29.7 Å². The summed E-state index contributed by atoms with van der Waals surface area (Å²) in [5, 5.41) is 0. The van der Waals surface area contributed by atoms with Crippen LogP contribution in [0.25, 0.3) is 0 Å². The van der Waals surface area contributed by atoms with Gasteiger partial charge in [0.25, 0.3) is 0 Å². The predicted octanol–water partition coefficient (Wildman–Crippen LogP) is 5.98. The summed E-state index contributed by atoms with van der Waals surface area (Å²) in [5.74, 6) is 5.69. The summed E-state index contributed by atoms with van der Waals surface area (Å²) < 4.78 is 75.2. The molecule has 5 rings (SSSR count). The second-order valence-electron chi connectivity index (χ2n) is 15.3. The highest BCUT2D eigenvalue weighted by molar-refractivity contribution is 6.83. The smallest absolute Gasteiger partial charge is 0.187 e. The fourth-order valence-electron chi connectivity index (χ4n) is 6.82. The van der Waals surface area contributed by atoms with Crippen LogP contribution in [0.5, 0.6) is 0 Å². The fourth-order valence-corrected chi connectivity index (χ4v) is 7.39. The second kappa shape index (κ2) is 24.7. The van der Waals surface area contributed by atoms with Gasteiger partial charge in [0.1, 0.15) is 77.3 Å². The SMILES string of the molecule is C#C[C@H]1[C@H](OCOC)[C@@H](OCOC)[C@H](O[C@H]2[C@H](OCc3ccccc3)[C@@H](OCc3ccccc3)[C@H](C#C[Si](C)(C)C)O[C@@H]2COCc2ccccc2)O[C@@H]1COCOC. The van der Waals surface area contributed by atoms with E-state index < -0.39 is 69.1 Å². The van der Waals surface area contributed by atoms with Gasteiger partial charge in [-0.3, -0.25) is 0 Å². The van der Waals surface area contributed by atoms with Gasteiger partial charge in [0, 0.05) is 21.3 Å². The number of hydrogen-bond acceptors (Lipinski definition) is 12. The van der Waals surface area contributed by atoms with Crippen molar-refractivity contribution in [1.82, 2.24) is 0 Å². The Labute approximate surface area is 350 Å². The normalized spacial score (nSPS) is 27.1. The zero-order valence-corrected chi connectivity index (χ0v) is 36.1. The van der Waals surface area contributed by atoms with Crippen LogP contribution in [-0.2, 0) is 76.7 Å². The topological polar surface area (TPSA) is 111 Å². The Morgan fingerprint density at radius 2 is 1.08 bits per heavy atom. The van der Waals surface area contributed by atoms with Crippen molar-refractivity contribution in [2.45, 2.75) is 94.6 Å². The first kappa shape index (κ1) is 46.6. The number of methoxy groups -OCH3 is 3. The monoisotopic (exact) mass is 832 g/mol. The fraction of sp³-hybridized carbons (Fsp3) is 0.522. The minimum Gasteiger partial charge on any atom is -0.374 e. The highest BCUT2D eigenvalue weighted by Crippen LogP contribution is 2.36. The molecule has 0 saturated carbocycles. The van der Waals surface area contributed by atoms with Crippen LogP contribution in [0.15, 0.2) is 91.0 Å². The lowest BCUT2D eigenvalue weighted by Crippen LogP contribution is -2.65. The van der Waals surface area contributed by atoms with Gasteiger partial charge in [0.2, 0.25) is 0 Å². The Hall–Kier alpha value is -3.48. The van der Waals surface area contributed by atoms with Crippen molar-refractivity contribution in [3.63, 3.8) is 0 Å². The van der Waals surface area contributed by atoms with E-state index >= 15 is 0 Å². The van der Waals surface area contributed by atoms with Crippen LogP contribution in [0.1, 0.15) is 16.7 Å². The van der Waals surface area contributed by atoms with Gasteiger partial charge < -0.3 is 56.8 Å². The molecule has 0 amide bonds. The van der Waals surface area contributed by atoms with E-state index in [4.69, 9.17) is 63.3 Å². The zero-order valence-electron chi connectivity index (χ0n) is 35.1. The Bertz CT molecular complexity index is 1710. The van der Waals surface area contributed by atoms with Crippen LogP contribution in [-0.4, -0.2) is 118 Å². The largest absolute Gasteiger partial charge is 0.374 e. The molecule has 2 aliphatic heterocycles. The molecule has 0 bridgehead atoms. The Morgan fingerprint density at radius 3 is 1.63 bits per heavy atom. The van der Waals surface area contributed by atoms with Crippen LogP contribution in [0.3, 0.4) is 0 Å². The first-order valence-electron chi connectivity index (χ1n) is 19.9. The second-order valence-corrected chi connectivity index (χ2v) is 20.1. The molecule has 2 heterocycles. The third-order valence-corrected chi connectivity index (χ3v) is 10.5. The van der Waals surface area contributed by atoms with Gasteiger partial charge in [-0.25, -0.2) is 0 Å². The molecule has 2 aliphatic rings. The third-order valence-electron chi connectivity index (χ3n) is 9.57. The van der Waals surface area contributed by atoms with E-state index in [1.54, 1.807) is 7.11 Å². The molecule has 10 atom stereocenters. The molecule has 0 radical (unpaired) electrons. The van der Waals surface area contributed by atoms with E-state index in [0.717, 1.165) is 16.7 Å². The number of ether oxygens (including phenoxy) is 12. The number of benzene rings is 3. The van der Waals surface area contributed by atoms with Crippen molar-refractivity contribution in [2.75, 3.05) is 54.9 Å². The predicted molar refractivity (Wildman–Crippen MR) is 223 cm³/mol. The van der Waals surface area contributed by atoms with E-state index in [1.165, 1.54) is 14.2 Å². The summed E-state index contributed by atoms with van der Waals surface area (Å²) in [4.78, 5) is 0. The minimum absolute atomic E-state index is 0.0306. The van der Waals surface area contributed by atoms with Crippen molar-refractivity contribution in [3.05, 3.63) is 108 Å². The maximum atomic E-state index is 7.15. The number of rotatable bonds is 22. The molecule has 3 aromatic carbocycles. The van der Waals surface area contributed by atoms with Gasteiger partial charge in [-0.15, -0.1) is 12.0 Å². The first-order chi connectivity index (χ1) is 28.7. The van der Waals surface area contributed by atoms with Crippen LogP contribution in [0.4, 0.5) is 0 Å². The maximum Gasteiger partial charge on any atom is 0.187 e. The first-order valence-corrected chi connectivity index (χ1v) is 23.4. The summed E-state index contributed by atoms with van der Waals surface area (Å²) in [7, 11) is 2.73. The van der Waals surface area contributed by atoms with Gasteiger partial charge in [-0.05, 0) is 16.7 Å². The van der Waals surface area contributed by atoms with Crippen LogP contribution < -0.4 is 0 Å². The summed E-state index contributed by atoms with van der Waals surface area (Å²) >= 11 is 0. The highest BCUT2D eigenvalue weighted by atomic mass is 28.3. The van der Waals surface area contributed by atoms with E-state index in [1.807, 2.05) is 91.0 Å². The van der Waals surface area contributed by atoms with Gasteiger partial charge in [0.05, 0.1) is 39.0 Å². The van der Waals surface area contributed by atoms with Gasteiger partial charge >= 0.3 is 0 Å². The molecule has 3 aromatic rings. The number of hydrogen-bond donors (Lipinski definition) is 0. The van der Waals surface area contributed by atoms with Crippen molar-refractivity contribution in [1.29, 1.82) is 0 Å². The summed E-state index contributed by atoms with van der Waals surface area (Å²) in [6, 6.07) is 29.9. The average molecular weight is 833 g/mol. The summed E-state index contributed by atoms with van der Waals surface area (Å²) in [6.45, 7) is 7.54. The Morgan fingerprint density at radius 1 is 0.559 bits per heavy atom. The summed E-state index contributed by atoms with van der Waals surface area (Å²) in [5.41, 5.74) is 6.49. The standard InChI is InChI=1S/C46H60O12Si/c1-8-37-39(29-51-31-47-2)57-46(45(55-33-49-4)41(37)54-32-48-3)58-43-40(30-50-26-34-18-12-9-13-19-34)56-38(24-25-59(5,6)7)42(52-27-35-20-14-10-15-21-35)44(43)53-28-36-22-16-11-17-23-36/h1,9-23,37-46H,26-33H2,2-7H3/t37-,38+,39-,40-,41+,42+,43-,44-,45-,46+/m1/s1. The van der Waals surface area contributed by atoms with Crippen LogP contribution >= 0.6 is 0 Å². The molecular weight excluding hydrogens is 773 g/mol. The van der Waals surface area contributed by atoms with Crippen molar-refractivity contribution < 1.29 is 56.8 Å². The Balaban J connectivity index is 1.59. The molecule has 0 aromatic heterocycles. The van der Waals surface area contributed by atoms with Gasteiger partial charge in [-0.1, -0.05) is 122 Å². The van der Waals surface area contributed by atoms with E-state index in [-0.39, 0.29) is 46.8 Å². The molecule has 12 nitrogen and oxygen atoms in total. The minimum atomic E-state index is -1.88. The summed E-state index contributed by atoms with van der Waals surface area (Å²) in [6.07, 6.45) is -1.01. The quantitative estimate of drug-likeness (QED) is 0.0515. The molecule has 0 aliphatic carbocycles. The van der Waals surface area contributed by atoms with E-state index in [9.17, 15) is 0 Å². The van der Waals surface area contributed by atoms with Gasteiger partial charge in [-0.2, -0.15) is 0 Å². The van der Waals surface area contributed by atoms with Crippen molar-refractivity contribution in [2.24, 2.45) is 5.92 Å². The molecule has 13 heteroatoms. The van der Waals surface area contributed by atoms with Gasteiger partial charge in [0.15, 0.2) is 6.29 Å². The van der Waals surface area contributed by atoms with E-state index in [2.05, 4.69) is 37.0 Å². The molecule has 0 spiro atoms. The Kier molecular flexibility index (Phi) is 19.5. The lowest BCUT2D eigenvalue weighted by Gasteiger charge is -2.49. The third kappa shape index (κ3) is 14.6. The lowest BCUT2D eigenvalue weighted by molar-refractivity contribution is -0.354. The molecule has 0 unspecified atom stereocenters. The van der Waals surface area contributed by atoms with E-state index in [0.29, 0.717) is 6.61 Å². The number of terminal acetylenes is 1. The molecule has 2 saturated heterocycles. The molecule has 59 heavy (non-hydrogen) atoms. The maximum absolute atomic E-state index is 7.15. The molecular formula is C46H60O12Si.